The van der Waals surface area contributed by atoms with Gasteiger partial charge in [-0.05, 0) is 0 Å². The molecule has 0 saturated heterocycles. The minimum absolute atomic E-state index is 0. The zero-order valence-electron chi connectivity index (χ0n) is 13.5. The molecule has 0 saturated carbocycles. The van der Waals surface area contributed by atoms with Crippen molar-refractivity contribution in [1.29, 1.82) is 0 Å². The molecule has 0 bridgehead atoms. The van der Waals surface area contributed by atoms with Crippen molar-refractivity contribution in [3.63, 3.8) is 0 Å². The Morgan fingerprint density at radius 3 is 1.94 bits per heavy atom. The Morgan fingerprint density at radius 1 is 1.06 bits per heavy atom. The van der Waals surface area contributed by atoms with Gasteiger partial charge in [-0.25, -0.2) is 4.79 Å². The summed E-state index contributed by atoms with van der Waals surface area (Å²) < 4.78 is 12.6. The van der Waals surface area contributed by atoms with Crippen molar-refractivity contribution in [3.8, 4) is 0 Å². The molecule has 0 rings (SSSR count). The molecule has 0 aliphatic rings. The van der Waals surface area contributed by atoms with Crippen LogP contribution in [0.4, 0.5) is 4.79 Å². The van der Waals surface area contributed by atoms with Crippen LogP contribution >= 0.6 is 0 Å². The molecule has 0 aliphatic heterocycles. The summed E-state index contributed by atoms with van der Waals surface area (Å²) in [5.74, 6) is -1.65. The molecule has 10 heteroatoms. The van der Waals surface area contributed by atoms with E-state index in [-0.39, 0.29) is 113 Å². The Bertz CT molecular complexity index is 246. The molecule has 0 aromatic heterocycles. The van der Waals surface area contributed by atoms with Crippen molar-refractivity contribution in [1.82, 2.24) is 0 Å². The summed E-state index contributed by atoms with van der Waals surface area (Å²) in [7, 11) is 1.34. The molecular weight excluding hydrogens is 265 g/mol. The fourth-order valence-corrected chi connectivity index (χ4v) is 0.549. The van der Waals surface area contributed by atoms with E-state index in [0.717, 1.165) is 0 Å². The van der Waals surface area contributed by atoms with Crippen molar-refractivity contribution < 1.29 is 127 Å². The first kappa shape index (κ1) is 26.8. The summed E-state index contributed by atoms with van der Waals surface area (Å²) in [4.78, 5) is 31.2. The number of hydrogen-bond donors (Lipinski definition) is 1. The van der Waals surface area contributed by atoms with Gasteiger partial charge >= 0.3 is 107 Å². The van der Waals surface area contributed by atoms with Crippen LogP contribution in [0.3, 0.4) is 0 Å². The molecule has 7 nitrogen and oxygen atoms in total. The molecule has 0 unspecified atom stereocenters. The van der Waals surface area contributed by atoms with Crippen LogP contribution in [-0.2, 0) is 23.8 Å². The van der Waals surface area contributed by atoms with Crippen LogP contribution in [-0.4, -0.2) is 37.1 Å². The van der Waals surface area contributed by atoms with Crippen LogP contribution in [0.15, 0.2) is 0 Å². The first-order valence-electron chi connectivity index (χ1n) is 3.64. The third-order valence-electron chi connectivity index (χ3n) is 1.07. The SMILES string of the molecule is COCOC(=O)CCC(=O)OC(=O)O.[H-].[H-].[H-].[Na+].[Na+].[Na+]. The molecule has 1 N–H and O–H groups in total. The molecule has 86 valence electrons. The van der Waals surface area contributed by atoms with Crippen molar-refractivity contribution in [3.05, 3.63) is 0 Å². The number of methoxy groups -OCH3 is 1. The van der Waals surface area contributed by atoms with E-state index in [1.165, 1.54) is 7.11 Å². The number of carbonyl (C=O) groups excluding carboxylic acids is 2. The fraction of sp³-hybridized carbons (Fsp3) is 0.571. The van der Waals surface area contributed by atoms with Gasteiger partial charge in [-0.3, -0.25) is 9.59 Å². The van der Waals surface area contributed by atoms with Crippen molar-refractivity contribution >= 4 is 18.1 Å². The molecule has 0 aromatic carbocycles. The summed E-state index contributed by atoms with van der Waals surface area (Å²) >= 11 is 0. The molecule has 0 radical (unpaired) electrons. The maximum atomic E-state index is 10.7. The predicted molar refractivity (Wildman–Crippen MR) is 44.7 cm³/mol. The smallest absolute Gasteiger partial charge is 1.00 e. The van der Waals surface area contributed by atoms with Gasteiger partial charge in [0.05, 0.1) is 12.8 Å². The summed E-state index contributed by atoms with van der Waals surface area (Å²) in [6.45, 7) is -0.202. The first-order chi connectivity index (χ1) is 6.56. The standard InChI is InChI=1S/C7H10O7.3Na.3H/c1-12-4-13-5(8)2-3-6(9)14-7(10)11;;;;;;/h2-4H2,1H3,(H,10,11);;;;;;/q;3*+1;3*-1. The molecule has 0 atom stereocenters. The topological polar surface area (TPSA) is 99.1 Å². The monoisotopic (exact) mass is 278 g/mol. The van der Waals surface area contributed by atoms with E-state index >= 15 is 0 Å². The van der Waals surface area contributed by atoms with E-state index in [2.05, 4.69) is 14.2 Å². The van der Waals surface area contributed by atoms with E-state index in [1.54, 1.807) is 0 Å². The van der Waals surface area contributed by atoms with Gasteiger partial charge < -0.3 is 23.6 Å². The summed E-state index contributed by atoms with van der Waals surface area (Å²) in [6, 6.07) is 0. The van der Waals surface area contributed by atoms with Crippen LogP contribution < -0.4 is 88.7 Å². The zero-order valence-corrected chi connectivity index (χ0v) is 16.5. The number of hydrogen-bond acceptors (Lipinski definition) is 6. The van der Waals surface area contributed by atoms with Crippen LogP contribution in [0.25, 0.3) is 0 Å². The number of rotatable bonds is 5. The third kappa shape index (κ3) is 19.9. The first-order valence-corrected chi connectivity index (χ1v) is 3.64. The summed E-state index contributed by atoms with van der Waals surface area (Å²) in [5, 5.41) is 8.01. The van der Waals surface area contributed by atoms with E-state index in [0.29, 0.717) is 0 Å². The summed E-state index contributed by atoms with van der Waals surface area (Å²) in [5.41, 5.74) is 0. The van der Waals surface area contributed by atoms with Crippen molar-refractivity contribution in [2.75, 3.05) is 13.9 Å². The van der Waals surface area contributed by atoms with Crippen LogP contribution in [0.1, 0.15) is 17.1 Å². The molecule has 17 heavy (non-hydrogen) atoms. The number of esters is 2. The Kier molecular flexibility index (Phi) is 27.4. The van der Waals surface area contributed by atoms with Gasteiger partial charge in [-0.15, -0.1) is 0 Å². The van der Waals surface area contributed by atoms with E-state index in [4.69, 9.17) is 5.11 Å². The second kappa shape index (κ2) is 17.4. The number of carboxylic acid groups (broad SMARTS) is 1. The zero-order chi connectivity index (χ0) is 11.0. The average Bonchev–Trinajstić information content (AvgIpc) is 2.10. The Morgan fingerprint density at radius 2 is 1.53 bits per heavy atom. The van der Waals surface area contributed by atoms with Gasteiger partial charge in [0, 0.05) is 7.11 Å². The van der Waals surface area contributed by atoms with Gasteiger partial charge in [0.25, 0.3) is 0 Å². The van der Waals surface area contributed by atoms with Gasteiger partial charge in [0.15, 0.2) is 6.79 Å². The van der Waals surface area contributed by atoms with Crippen LogP contribution in [0.5, 0.6) is 0 Å². The predicted octanol–water partition coefficient (Wildman–Crippen LogP) is -8.52. The molecular formula is C7H13Na3O7. The number of ether oxygens (including phenoxy) is 3. The van der Waals surface area contributed by atoms with Crippen molar-refractivity contribution in [2.45, 2.75) is 12.8 Å². The van der Waals surface area contributed by atoms with Crippen LogP contribution in [0, 0.1) is 0 Å². The third-order valence-corrected chi connectivity index (χ3v) is 1.07. The maximum absolute atomic E-state index is 10.7. The van der Waals surface area contributed by atoms with Gasteiger partial charge in [0.2, 0.25) is 0 Å². The Hall–Kier alpha value is 1.37. The second-order valence-corrected chi connectivity index (χ2v) is 2.16. The fourth-order valence-electron chi connectivity index (χ4n) is 0.549. The molecule has 0 aromatic rings. The van der Waals surface area contributed by atoms with Gasteiger partial charge in [0.1, 0.15) is 0 Å². The quantitative estimate of drug-likeness (QED) is 0.231. The van der Waals surface area contributed by atoms with Gasteiger partial charge in [-0.1, -0.05) is 0 Å². The van der Waals surface area contributed by atoms with E-state index in [1.807, 2.05) is 0 Å². The van der Waals surface area contributed by atoms with Gasteiger partial charge in [-0.2, -0.15) is 0 Å². The maximum Gasteiger partial charge on any atom is 1.00 e. The van der Waals surface area contributed by atoms with Crippen LogP contribution in [0.2, 0.25) is 0 Å². The van der Waals surface area contributed by atoms with E-state index in [9.17, 15) is 14.4 Å². The normalized spacial score (nSPS) is 7.59. The molecule has 0 fully saturated rings. The minimum Gasteiger partial charge on any atom is -1.00 e. The minimum atomic E-state index is -1.69. The molecule has 0 amide bonds. The Labute approximate surface area is 169 Å². The number of carbonyl (C=O) groups is 3. The summed E-state index contributed by atoms with van der Waals surface area (Å²) in [6.07, 6.45) is -2.27. The van der Waals surface area contributed by atoms with E-state index < -0.39 is 18.1 Å². The largest absolute Gasteiger partial charge is 1.00 e. The van der Waals surface area contributed by atoms with Crippen molar-refractivity contribution in [2.24, 2.45) is 0 Å². The molecule has 0 spiro atoms. The average molecular weight is 278 g/mol. The molecule has 0 aliphatic carbocycles. The second-order valence-electron chi connectivity index (χ2n) is 2.16. The Balaban J connectivity index is -0.0000000563. The molecule has 0 heterocycles.